The van der Waals surface area contributed by atoms with E-state index >= 15 is 0 Å². The van der Waals surface area contributed by atoms with Crippen LogP contribution in [0.5, 0.6) is 0 Å². The fourth-order valence-corrected chi connectivity index (χ4v) is 2.50. The number of ether oxygens (including phenoxy) is 2. The number of esters is 1. The predicted octanol–water partition coefficient (Wildman–Crippen LogP) is -0.184. The Labute approximate surface area is 147 Å². The maximum Gasteiger partial charge on any atom is 0.351 e. The van der Waals surface area contributed by atoms with Crippen molar-refractivity contribution >= 4 is 11.8 Å². The number of carbonyl (C=O) groups excluding carboxylic acids is 1. The second-order valence-corrected chi connectivity index (χ2v) is 5.78. The first kappa shape index (κ1) is 19.7. The zero-order valence-electron chi connectivity index (χ0n) is 14.1. The molecule has 1 aliphatic rings. The summed E-state index contributed by atoms with van der Waals surface area (Å²) in [6.45, 7) is 1.28. The van der Waals surface area contributed by atoms with Gasteiger partial charge in [0, 0.05) is 17.5 Å². The van der Waals surface area contributed by atoms with Crippen LogP contribution in [0.3, 0.4) is 0 Å². The minimum absolute atomic E-state index is 0.0366. The molecule has 12 heteroatoms. The third kappa shape index (κ3) is 3.94. The molecular formula is C14H20N6O6. The highest BCUT2D eigenvalue weighted by Gasteiger charge is 2.56. The number of aliphatic hydroxyl groups excluding tert-OH is 2. The molecule has 4 atom stereocenters. The molecule has 12 nitrogen and oxygen atoms in total. The molecule has 1 aromatic rings. The number of nitrogen functional groups attached to an aromatic ring is 1. The Hall–Kier alpha value is -2.66. The molecule has 0 amide bonds. The van der Waals surface area contributed by atoms with Crippen molar-refractivity contribution < 1.29 is 24.5 Å². The lowest BCUT2D eigenvalue weighted by Crippen LogP contribution is -2.45. The van der Waals surface area contributed by atoms with Gasteiger partial charge < -0.3 is 25.4 Å². The lowest BCUT2D eigenvalue weighted by atomic mass is 10.1. The van der Waals surface area contributed by atoms with Crippen LogP contribution < -0.4 is 11.4 Å². The molecule has 1 fully saturated rings. The Bertz CT molecular complexity index is 763. The number of unbranched alkanes of at least 4 members (excludes halogenated alkanes) is 1. The van der Waals surface area contributed by atoms with E-state index in [1.54, 1.807) is 0 Å². The van der Waals surface area contributed by atoms with Gasteiger partial charge in [0.05, 0.1) is 0 Å². The Morgan fingerprint density at radius 1 is 1.62 bits per heavy atom. The Morgan fingerprint density at radius 3 is 2.96 bits per heavy atom. The number of hydrogen-bond acceptors (Lipinski definition) is 9. The van der Waals surface area contributed by atoms with Crippen LogP contribution in [0.1, 0.15) is 32.4 Å². The lowest BCUT2D eigenvalue weighted by molar-refractivity contribution is -0.165. The normalized spacial score (nSPS) is 27.7. The summed E-state index contributed by atoms with van der Waals surface area (Å²) in [6.07, 6.45) is -2.05. The van der Waals surface area contributed by atoms with Crippen molar-refractivity contribution in [3.05, 3.63) is 33.2 Å². The number of azide groups is 1. The van der Waals surface area contributed by atoms with Gasteiger partial charge in [-0.3, -0.25) is 9.36 Å². The number of nitrogens with zero attached hydrogens (tertiary/aromatic N) is 5. The van der Waals surface area contributed by atoms with Crippen LogP contribution in [0.2, 0.25) is 0 Å². The standard InChI is InChI=1S/C14H20N6O6/c1-2-3-4-9(21)25-7-14(18-19-16)11(23)10(22)12(26-14)20-6-5-8(15)17-13(20)24/h5-6,10-12,22-23H,2-4,7H2,1H3,(H2,15,17,24)/t10-,11+,12+,14-/m1/s1. The monoisotopic (exact) mass is 368 g/mol. The smallest absolute Gasteiger partial charge is 0.351 e. The van der Waals surface area contributed by atoms with Crippen molar-refractivity contribution in [1.82, 2.24) is 9.55 Å². The molecule has 1 aliphatic heterocycles. The first-order valence-electron chi connectivity index (χ1n) is 7.95. The molecule has 2 rings (SSSR count). The molecule has 142 valence electrons. The molecule has 2 heterocycles. The molecule has 26 heavy (non-hydrogen) atoms. The van der Waals surface area contributed by atoms with E-state index in [-0.39, 0.29) is 12.2 Å². The number of rotatable bonds is 7. The van der Waals surface area contributed by atoms with Gasteiger partial charge in [0.15, 0.2) is 6.23 Å². The van der Waals surface area contributed by atoms with Gasteiger partial charge in [-0.15, -0.1) is 0 Å². The van der Waals surface area contributed by atoms with E-state index in [0.717, 1.165) is 11.0 Å². The van der Waals surface area contributed by atoms with Crippen molar-refractivity contribution in [2.24, 2.45) is 5.11 Å². The van der Waals surface area contributed by atoms with E-state index < -0.39 is 42.4 Å². The van der Waals surface area contributed by atoms with Gasteiger partial charge in [-0.2, -0.15) is 4.98 Å². The molecule has 1 saturated heterocycles. The third-order valence-electron chi connectivity index (χ3n) is 3.92. The quantitative estimate of drug-likeness (QED) is 0.256. The van der Waals surface area contributed by atoms with Crippen molar-refractivity contribution in [2.45, 2.75) is 50.3 Å². The molecule has 0 spiro atoms. The van der Waals surface area contributed by atoms with Gasteiger partial charge in [0.25, 0.3) is 0 Å². The van der Waals surface area contributed by atoms with Crippen LogP contribution >= 0.6 is 0 Å². The van der Waals surface area contributed by atoms with E-state index in [0.29, 0.717) is 6.42 Å². The highest BCUT2D eigenvalue weighted by Crippen LogP contribution is 2.38. The number of nitrogens with two attached hydrogens (primary N) is 1. The van der Waals surface area contributed by atoms with Crippen molar-refractivity contribution in [3.8, 4) is 0 Å². The van der Waals surface area contributed by atoms with Crippen LogP contribution in [-0.4, -0.2) is 50.3 Å². The zero-order chi connectivity index (χ0) is 19.3. The van der Waals surface area contributed by atoms with E-state index in [1.165, 1.54) is 12.3 Å². The molecule has 0 aromatic carbocycles. The number of carbonyl (C=O) groups is 1. The van der Waals surface area contributed by atoms with Crippen LogP contribution in [0.4, 0.5) is 5.82 Å². The summed E-state index contributed by atoms with van der Waals surface area (Å²) in [5, 5.41) is 23.9. The average Bonchev–Trinajstić information content (AvgIpc) is 2.84. The second kappa shape index (κ2) is 8.15. The maximum atomic E-state index is 11.9. The Morgan fingerprint density at radius 2 is 2.35 bits per heavy atom. The lowest BCUT2D eigenvalue weighted by Gasteiger charge is -2.26. The molecular weight excluding hydrogens is 348 g/mol. The fraction of sp³-hybridized carbons (Fsp3) is 0.643. The summed E-state index contributed by atoms with van der Waals surface area (Å²) in [5.41, 5.74) is 11.3. The summed E-state index contributed by atoms with van der Waals surface area (Å²) >= 11 is 0. The van der Waals surface area contributed by atoms with E-state index in [4.69, 9.17) is 20.7 Å². The van der Waals surface area contributed by atoms with Crippen LogP contribution in [0.25, 0.3) is 10.4 Å². The van der Waals surface area contributed by atoms with E-state index in [1.807, 2.05) is 6.92 Å². The van der Waals surface area contributed by atoms with E-state index in [2.05, 4.69) is 15.0 Å². The average molecular weight is 368 g/mol. The molecule has 1 aromatic heterocycles. The molecule has 0 saturated carbocycles. The topological polar surface area (TPSA) is 186 Å². The van der Waals surface area contributed by atoms with Crippen LogP contribution in [0, 0.1) is 0 Å². The third-order valence-corrected chi connectivity index (χ3v) is 3.92. The van der Waals surface area contributed by atoms with Gasteiger partial charge in [0.2, 0.25) is 5.72 Å². The minimum Gasteiger partial charge on any atom is -0.462 e. The summed E-state index contributed by atoms with van der Waals surface area (Å²) in [6, 6.07) is 1.29. The summed E-state index contributed by atoms with van der Waals surface area (Å²) < 4.78 is 11.4. The molecule has 0 radical (unpaired) electrons. The summed E-state index contributed by atoms with van der Waals surface area (Å²) in [5.74, 6) is -0.607. The summed E-state index contributed by atoms with van der Waals surface area (Å²) in [4.78, 5) is 29.7. The van der Waals surface area contributed by atoms with Crippen molar-refractivity contribution in [3.63, 3.8) is 0 Å². The number of anilines is 1. The maximum absolute atomic E-state index is 11.9. The molecule has 4 N–H and O–H groups in total. The highest BCUT2D eigenvalue weighted by molar-refractivity contribution is 5.69. The van der Waals surface area contributed by atoms with Crippen molar-refractivity contribution in [1.29, 1.82) is 0 Å². The zero-order valence-corrected chi connectivity index (χ0v) is 14.1. The Kier molecular flexibility index (Phi) is 6.16. The molecule has 0 bridgehead atoms. The highest BCUT2D eigenvalue weighted by atomic mass is 16.6. The number of aromatic nitrogens is 2. The van der Waals surface area contributed by atoms with Gasteiger partial charge >= 0.3 is 11.7 Å². The number of aliphatic hydroxyl groups is 2. The fourth-order valence-electron chi connectivity index (χ4n) is 2.50. The first-order valence-corrected chi connectivity index (χ1v) is 7.95. The minimum atomic E-state index is -2.08. The molecule has 0 aliphatic carbocycles. The molecule has 0 unspecified atom stereocenters. The van der Waals surface area contributed by atoms with Gasteiger partial charge in [-0.05, 0) is 18.0 Å². The van der Waals surface area contributed by atoms with Gasteiger partial charge in [0.1, 0.15) is 24.6 Å². The number of hydrogen-bond donors (Lipinski definition) is 3. The van der Waals surface area contributed by atoms with Gasteiger partial charge in [-0.25, -0.2) is 4.79 Å². The van der Waals surface area contributed by atoms with E-state index in [9.17, 15) is 19.8 Å². The van der Waals surface area contributed by atoms with Crippen LogP contribution in [-0.2, 0) is 14.3 Å². The van der Waals surface area contributed by atoms with Crippen LogP contribution in [0.15, 0.2) is 22.2 Å². The largest absolute Gasteiger partial charge is 0.462 e. The SMILES string of the molecule is CCCCC(=O)OC[C@@]1(N=[N+]=[N-])O[C@H](n2ccc(N)nc2=O)[C@H](O)[C@@H]1O. The van der Waals surface area contributed by atoms with Gasteiger partial charge in [-0.1, -0.05) is 18.5 Å². The first-order chi connectivity index (χ1) is 12.3. The summed E-state index contributed by atoms with van der Waals surface area (Å²) in [7, 11) is 0. The Balaban J connectivity index is 2.25. The van der Waals surface area contributed by atoms with Crippen molar-refractivity contribution in [2.75, 3.05) is 12.3 Å². The predicted molar refractivity (Wildman–Crippen MR) is 87.4 cm³/mol. The second-order valence-electron chi connectivity index (χ2n) is 5.78.